The highest BCUT2D eigenvalue weighted by atomic mass is 35.5. The van der Waals surface area contributed by atoms with Gasteiger partial charge in [-0.05, 0) is 61.0 Å². The van der Waals surface area contributed by atoms with Gasteiger partial charge in [0.05, 0.1) is 0 Å². The normalized spacial score (nSPS) is 10.4. The number of rotatable bonds is 6. The van der Waals surface area contributed by atoms with E-state index in [9.17, 15) is 14.4 Å². The fraction of sp³-hybridized carbons (Fsp3) is 0.0952. The second-order valence-electron chi connectivity index (χ2n) is 6.04. The summed E-state index contributed by atoms with van der Waals surface area (Å²) in [6.07, 6.45) is 1.44. The van der Waals surface area contributed by atoms with E-state index in [0.29, 0.717) is 16.3 Å². The van der Waals surface area contributed by atoms with Crippen molar-refractivity contribution in [3.8, 4) is 0 Å². The van der Waals surface area contributed by atoms with Gasteiger partial charge in [-0.15, -0.1) is 0 Å². The van der Waals surface area contributed by atoms with Gasteiger partial charge in [-0.2, -0.15) is 4.73 Å². The molecule has 7 heteroatoms. The zero-order valence-electron chi connectivity index (χ0n) is 15.0. The van der Waals surface area contributed by atoms with E-state index in [2.05, 4.69) is 5.32 Å². The number of hydrogen-bond donors (Lipinski definition) is 1. The fourth-order valence-electron chi connectivity index (χ4n) is 2.51. The van der Waals surface area contributed by atoms with Crippen LogP contribution < -0.4 is 15.7 Å². The van der Waals surface area contributed by atoms with Crippen molar-refractivity contribution in [3.05, 3.63) is 98.9 Å². The molecule has 6 nitrogen and oxygen atoms in total. The number of pyridine rings is 1. The summed E-state index contributed by atoms with van der Waals surface area (Å²) in [7, 11) is 0. The Morgan fingerprint density at radius 1 is 1.07 bits per heavy atom. The first-order chi connectivity index (χ1) is 13.4. The van der Waals surface area contributed by atoms with Gasteiger partial charge in [0.15, 0.2) is 5.78 Å². The van der Waals surface area contributed by atoms with Gasteiger partial charge in [0, 0.05) is 22.5 Å². The van der Waals surface area contributed by atoms with Crippen molar-refractivity contribution in [2.75, 3.05) is 5.32 Å². The number of carbonyl (C=O) groups excluding carboxylic acids is 2. The molecule has 0 unspecified atom stereocenters. The van der Waals surface area contributed by atoms with E-state index in [1.54, 1.807) is 48.5 Å². The minimum absolute atomic E-state index is 0.0655. The van der Waals surface area contributed by atoms with E-state index >= 15 is 0 Å². The molecule has 28 heavy (non-hydrogen) atoms. The quantitative estimate of drug-likeness (QED) is 0.646. The summed E-state index contributed by atoms with van der Waals surface area (Å²) in [5, 5.41) is 3.20. The lowest BCUT2D eigenvalue weighted by molar-refractivity contribution is 0.0863. The molecule has 1 aromatic heterocycles. The highest BCUT2D eigenvalue weighted by Gasteiger charge is 2.13. The Kier molecular flexibility index (Phi) is 5.91. The van der Waals surface area contributed by atoms with E-state index < -0.39 is 11.5 Å². The van der Waals surface area contributed by atoms with Crippen LogP contribution in [0.4, 0.5) is 5.69 Å². The summed E-state index contributed by atoms with van der Waals surface area (Å²) in [6.45, 7) is 1.58. The lowest BCUT2D eigenvalue weighted by Crippen LogP contribution is -2.32. The largest absolute Gasteiger partial charge is 0.406 e. The Morgan fingerprint density at radius 3 is 2.50 bits per heavy atom. The maximum absolute atomic E-state index is 12.5. The van der Waals surface area contributed by atoms with Crippen molar-refractivity contribution in [3.63, 3.8) is 0 Å². The third-order valence-electron chi connectivity index (χ3n) is 3.97. The van der Waals surface area contributed by atoms with Crippen molar-refractivity contribution in [2.45, 2.75) is 13.5 Å². The van der Waals surface area contributed by atoms with Crippen molar-refractivity contribution >= 4 is 29.0 Å². The molecule has 0 aliphatic rings. The molecule has 0 radical (unpaired) electrons. The number of benzene rings is 2. The van der Waals surface area contributed by atoms with E-state index in [4.69, 9.17) is 16.4 Å². The van der Waals surface area contributed by atoms with Crippen molar-refractivity contribution < 1.29 is 14.4 Å². The van der Waals surface area contributed by atoms with E-state index in [1.165, 1.54) is 19.2 Å². The molecular weight excluding hydrogens is 380 g/mol. The smallest absolute Gasteiger partial charge is 0.295 e. The van der Waals surface area contributed by atoms with Crippen molar-refractivity contribution in [1.29, 1.82) is 0 Å². The molecule has 142 valence electrons. The van der Waals surface area contributed by atoms with Crippen molar-refractivity contribution in [2.24, 2.45) is 0 Å². The molecule has 0 atom stereocenters. The highest BCUT2D eigenvalue weighted by Crippen LogP contribution is 2.12. The molecule has 0 aliphatic carbocycles. The summed E-state index contributed by atoms with van der Waals surface area (Å²) in [4.78, 5) is 41.8. The Labute approximate surface area is 166 Å². The minimum atomic E-state index is -0.581. The predicted molar refractivity (Wildman–Crippen MR) is 107 cm³/mol. The Morgan fingerprint density at radius 2 is 1.82 bits per heavy atom. The molecule has 0 aliphatic heterocycles. The number of Topliss-reactive ketones (excluding diaryl/α,β-unsaturated/α-hetero) is 1. The number of hydrogen-bond acceptors (Lipinski definition) is 4. The van der Waals surface area contributed by atoms with Crippen LogP contribution in [-0.4, -0.2) is 16.4 Å². The molecule has 1 N–H and O–H groups in total. The lowest BCUT2D eigenvalue weighted by atomic mass is 10.1. The summed E-state index contributed by atoms with van der Waals surface area (Å²) in [5.41, 5.74) is 1.16. The molecule has 0 saturated heterocycles. The number of aromatic nitrogens is 1. The third kappa shape index (κ3) is 4.66. The van der Waals surface area contributed by atoms with E-state index in [1.807, 2.05) is 6.07 Å². The van der Waals surface area contributed by atoms with Gasteiger partial charge >= 0.3 is 0 Å². The minimum Gasteiger partial charge on any atom is -0.406 e. The summed E-state index contributed by atoms with van der Waals surface area (Å²) in [6, 6.07) is 16.5. The molecule has 0 spiro atoms. The monoisotopic (exact) mass is 396 g/mol. The Hall–Kier alpha value is -3.38. The summed E-state index contributed by atoms with van der Waals surface area (Å²) < 4.78 is 1.01. The van der Waals surface area contributed by atoms with Crippen LogP contribution in [0, 0.1) is 0 Å². The second kappa shape index (κ2) is 8.54. The predicted octanol–water partition coefficient (Wildman–Crippen LogP) is 3.59. The maximum Gasteiger partial charge on any atom is 0.295 e. The van der Waals surface area contributed by atoms with Gasteiger partial charge in [-0.3, -0.25) is 14.4 Å². The molecule has 1 amide bonds. The van der Waals surface area contributed by atoms with Gasteiger partial charge in [-0.25, -0.2) is 0 Å². The number of nitrogens with zero attached hydrogens (tertiary/aromatic N) is 1. The Balaban J connectivity index is 1.73. The summed E-state index contributed by atoms with van der Waals surface area (Å²) >= 11 is 5.93. The number of halogens is 1. The number of anilines is 1. The molecule has 1 heterocycles. The van der Waals surface area contributed by atoms with E-state index in [0.717, 1.165) is 10.3 Å². The average Bonchev–Trinajstić information content (AvgIpc) is 2.67. The standard InChI is InChI=1S/C21H17ClN2O4/c1-14(25)16-7-9-18(10-8-16)23-20(26)19-6-3-11-24(21(19)27)28-13-15-4-2-5-17(22)12-15/h2-12H,13H2,1H3,(H,23,26). The van der Waals surface area contributed by atoms with Gasteiger partial charge in [0.25, 0.3) is 11.5 Å². The molecule has 3 aromatic rings. The van der Waals surface area contributed by atoms with Crippen LogP contribution in [0.5, 0.6) is 0 Å². The van der Waals surface area contributed by atoms with Crippen LogP contribution >= 0.6 is 11.6 Å². The molecule has 2 aromatic carbocycles. The molecule has 3 rings (SSSR count). The van der Waals surface area contributed by atoms with Crippen LogP contribution in [0.15, 0.2) is 71.7 Å². The zero-order chi connectivity index (χ0) is 20.1. The number of ketones is 1. The first-order valence-electron chi connectivity index (χ1n) is 8.46. The molecule has 0 bridgehead atoms. The summed E-state index contributed by atoms with van der Waals surface area (Å²) in [5.74, 6) is -0.637. The highest BCUT2D eigenvalue weighted by molar-refractivity contribution is 6.30. The van der Waals surface area contributed by atoms with Crippen molar-refractivity contribution in [1.82, 2.24) is 4.73 Å². The lowest BCUT2D eigenvalue weighted by Gasteiger charge is -2.10. The van der Waals surface area contributed by atoms with Crippen LogP contribution in [0.25, 0.3) is 0 Å². The number of amides is 1. The maximum atomic E-state index is 12.5. The van der Waals surface area contributed by atoms with Crippen LogP contribution in [-0.2, 0) is 6.61 Å². The Bertz CT molecular complexity index is 1070. The van der Waals surface area contributed by atoms with Gasteiger partial charge in [-0.1, -0.05) is 23.7 Å². The number of nitrogens with one attached hydrogen (secondary N) is 1. The zero-order valence-corrected chi connectivity index (χ0v) is 15.8. The topological polar surface area (TPSA) is 77.4 Å². The first kappa shape index (κ1) is 19.4. The van der Waals surface area contributed by atoms with Gasteiger partial charge < -0.3 is 10.2 Å². The van der Waals surface area contributed by atoms with Gasteiger partial charge in [0.2, 0.25) is 0 Å². The number of carbonyl (C=O) groups is 2. The molecule has 0 saturated carbocycles. The van der Waals surface area contributed by atoms with Crippen LogP contribution in [0.1, 0.15) is 33.2 Å². The fourth-order valence-corrected chi connectivity index (χ4v) is 2.72. The third-order valence-corrected chi connectivity index (χ3v) is 4.20. The second-order valence-corrected chi connectivity index (χ2v) is 6.48. The SMILES string of the molecule is CC(=O)c1ccc(NC(=O)c2cccn(OCc3cccc(Cl)c3)c2=O)cc1. The molecule has 0 fully saturated rings. The van der Waals surface area contributed by atoms with Crippen LogP contribution in [0.2, 0.25) is 5.02 Å². The molecular formula is C21H17ClN2O4. The first-order valence-corrected chi connectivity index (χ1v) is 8.83. The van der Waals surface area contributed by atoms with E-state index in [-0.39, 0.29) is 18.0 Å². The van der Waals surface area contributed by atoms with Gasteiger partial charge in [0.1, 0.15) is 12.2 Å². The van der Waals surface area contributed by atoms with Crippen LogP contribution in [0.3, 0.4) is 0 Å². The average molecular weight is 397 g/mol.